The molecular weight excluding hydrogens is 309 g/mol. The van der Waals surface area contributed by atoms with Crippen LogP contribution in [0, 0.1) is 0 Å². The maximum atomic E-state index is 12.4. The van der Waals surface area contributed by atoms with Gasteiger partial charge in [0.05, 0.1) is 24.5 Å². The van der Waals surface area contributed by atoms with Crippen LogP contribution in [0.5, 0.6) is 5.75 Å². The normalized spacial score (nSPS) is 11.5. The SMILES string of the molecule is COc1ccccc1C(=O)N/N=C/c1ccc(C(F)(F)F)cc1. The summed E-state index contributed by atoms with van der Waals surface area (Å²) in [5.74, 6) is -0.0830. The lowest BCUT2D eigenvalue weighted by atomic mass is 10.1. The average Bonchev–Trinajstić information content (AvgIpc) is 2.54. The van der Waals surface area contributed by atoms with Gasteiger partial charge in [0, 0.05) is 0 Å². The van der Waals surface area contributed by atoms with E-state index >= 15 is 0 Å². The number of benzene rings is 2. The summed E-state index contributed by atoms with van der Waals surface area (Å²) in [5, 5.41) is 3.72. The third kappa shape index (κ3) is 4.32. The number of nitrogens with zero attached hydrogens (tertiary/aromatic N) is 1. The second-order valence-corrected chi connectivity index (χ2v) is 4.52. The molecule has 0 heterocycles. The Hall–Kier alpha value is -2.83. The molecular formula is C16H13F3N2O2. The molecule has 1 amide bonds. The van der Waals surface area contributed by atoms with Crippen molar-refractivity contribution in [1.29, 1.82) is 0 Å². The number of halogens is 3. The van der Waals surface area contributed by atoms with E-state index in [1.165, 1.54) is 25.5 Å². The molecule has 0 fully saturated rings. The molecule has 0 saturated heterocycles. The monoisotopic (exact) mass is 322 g/mol. The van der Waals surface area contributed by atoms with Crippen LogP contribution in [0.1, 0.15) is 21.5 Å². The summed E-state index contributed by atoms with van der Waals surface area (Å²) < 4.78 is 42.4. The van der Waals surface area contributed by atoms with E-state index in [0.717, 1.165) is 12.1 Å². The van der Waals surface area contributed by atoms with Gasteiger partial charge in [0.2, 0.25) is 0 Å². The van der Waals surface area contributed by atoms with Crippen LogP contribution in [0.25, 0.3) is 0 Å². The molecule has 0 radical (unpaired) electrons. The molecule has 0 aliphatic heterocycles. The van der Waals surface area contributed by atoms with Crippen LogP contribution < -0.4 is 10.2 Å². The zero-order valence-electron chi connectivity index (χ0n) is 12.1. The molecule has 0 spiro atoms. The molecule has 0 atom stereocenters. The van der Waals surface area contributed by atoms with Crippen molar-refractivity contribution in [2.75, 3.05) is 7.11 Å². The van der Waals surface area contributed by atoms with Crippen molar-refractivity contribution < 1.29 is 22.7 Å². The highest BCUT2D eigenvalue weighted by Crippen LogP contribution is 2.28. The van der Waals surface area contributed by atoms with Crippen LogP contribution in [-0.4, -0.2) is 19.2 Å². The molecule has 0 unspecified atom stereocenters. The summed E-state index contributed by atoms with van der Waals surface area (Å²) in [7, 11) is 1.44. The molecule has 2 aromatic rings. The maximum absolute atomic E-state index is 12.4. The van der Waals surface area contributed by atoms with Crippen LogP contribution in [0.15, 0.2) is 53.6 Å². The van der Waals surface area contributed by atoms with E-state index in [1.807, 2.05) is 0 Å². The fourth-order valence-corrected chi connectivity index (χ4v) is 1.82. The minimum atomic E-state index is -4.38. The first-order valence-corrected chi connectivity index (χ1v) is 6.55. The van der Waals surface area contributed by atoms with Crippen LogP contribution in [0.3, 0.4) is 0 Å². The number of nitrogens with one attached hydrogen (secondary N) is 1. The first-order chi connectivity index (χ1) is 10.9. The predicted octanol–water partition coefficient (Wildman–Crippen LogP) is 3.48. The van der Waals surface area contributed by atoms with E-state index in [-0.39, 0.29) is 0 Å². The van der Waals surface area contributed by atoms with Crippen molar-refractivity contribution in [1.82, 2.24) is 5.43 Å². The molecule has 0 aliphatic rings. The number of para-hydroxylation sites is 1. The number of ether oxygens (including phenoxy) is 1. The van der Waals surface area contributed by atoms with E-state index in [1.54, 1.807) is 24.3 Å². The van der Waals surface area contributed by atoms with Gasteiger partial charge in [0.15, 0.2) is 0 Å². The second kappa shape index (κ2) is 6.95. The number of alkyl halides is 3. The topological polar surface area (TPSA) is 50.7 Å². The Labute approximate surface area is 130 Å². The second-order valence-electron chi connectivity index (χ2n) is 4.52. The Morgan fingerprint density at radius 3 is 2.39 bits per heavy atom. The molecule has 2 rings (SSSR count). The number of hydrazone groups is 1. The number of hydrogen-bond acceptors (Lipinski definition) is 3. The largest absolute Gasteiger partial charge is 0.496 e. The summed E-state index contributed by atoms with van der Waals surface area (Å²) in [6.45, 7) is 0. The maximum Gasteiger partial charge on any atom is 0.416 e. The van der Waals surface area contributed by atoms with Gasteiger partial charge >= 0.3 is 6.18 Å². The van der Waals surface area contributed by atoms with Crippen molar-refractivity contribution in [2.45, 2.75) is 6.18 Å². The Bertz CT molecular complexity index is 710. The standard InChI is InChI=1S/C16H13F3N2O2/c1-23-14-5-3-2-4-13(14)15(22)21-20-10-11-6-8-12(9-7-11)16(17,18)19/h2-10H,1H3,(H,21,22)/b20-10+. The highest BCUT2D eigenvalue weighted by atomic mass is 19.4. The van der Waals surface area contributed by atoms with Gasteiger partial charge in [-0.2, -0.15) is 18.3 Å². The van der Waals surface area contributed by atoms with Gasteiger partial charge in [-0.05, 0) is 29.8 Å². The molecule has 0 saturated carbocycles. The number of amides is 1. The quantitative estimate of drug-likeness (QED) is 0.692. The van der Waals surface area contributed by atoms with Crippen LogP contribution in [0.2, 0.25) is 0 Å². The van der Waals surface area contributed by atoms with Crippen molar-refractivity contribution in [3.8, 4) is 5.75 Å². The van der Waals surface area contributed by atoms with Crippen molar-refractivity contribution in [3.05, 3.63) is 65.2 Å². The summed E-state index contributed by atoms with van der Waals surface area (Å²) in [6, 6.07) is 11.0. The van der Waals surface area contributed by atoms with Gasteiger partial charge in [-0.1, -0.05) is 24.3 Å². The third-order valence-electron chi connectivity index (χ3n) is 2.97. The number of hydrogen-bond donors (Lipinski definition) is 1. The van der Waals surface area contributed by atoms with Gasteiger partial charge < -0.3 is 4.74 Å². The van der Waals surface area contributed by atoms with Crippen LogP contribution >= 0.6 is 0 Å². The third-order valence-corrected chi connectivity index (χ3v) is 2.97. The Morgan fingerprint density at radius 2 is 1.78 bits per heavy atom. The Kier molecular flexibility index (Phi) is 5.00. The van der Waals surface area contributed by atoms with E-state index in [4.69, 9.17) is 4.74 Å². The molecule has 0 aliphatic carbocycles. The molecule has 1 N–H and O–H groups in total. The summed E-state index contributed by atoms with van der Waals surface area (Å²) in [5.41, 5.74) is 2.29. The van der Waals surface area contributed by atoms with Gasteiger partial charge in [-0.25, -0.2) is 5.43 Å². The van der Waals surface area contributed by atoms with Gasteiger partial charge in [0.1, 0.15) is 5.75 Å². The van der Waals surface area contributed by atoms with Crippen LogP contribution in [0.4, 0.5) is 13.2 Å². The highest BCUT2D eigenvalue weighted by Gasteiger charge is 2.29. The predicted molar refractivity (Wildman–Crippen MR) is 79.5 cm³/mol. The lowest BCUT2D eigenvalue weighted by Gasteiger charge is -2.06. The molecule has 7 heteroatoms. The number of carbonyl (C=O) groups is 1. The fraction of sp³-hybridized carbons (Fsp3) is 0.125. The summed E-state index contributed by atoms with van der Waals surface area (Å²) in [4.78, 5) is 11.9. The molecule has 2 aromatic carbocycles. The van der Waals surface area contributed by atoms with Crippen molar-refractivity contribution in [2.24, 2.45) is 5.10 Å². The first kappa shape index (κ1) is 16.5. The average molecular weight is 322 g/mol. The Balaban J connectivity index is 2.03. The molecule has 23 heavy (non-hydrogen) atoms. The lowest BCUT2D eigenvalue weighted by molar-refractivity contribution is -0.137. The zero-order chi connectivity index (χ0) is 16.9. The number of rotatable bonds is 4. The van der Waals surface area contributed by atoms with E-state index < -0.39 is 17.6 Å². The molecule has 120 valence electrons. The number of carbonyl (C=O) groups excluding carboxylic acids is 1. The fourth-order valence-electron chi connectivity index (χ4n) is 1.82. The van der Waals surface area contributed by atoms with Crippen molar-refractivity contribution >= 4 is 12.1 Å². The Morgan fingerprint density at radius 1 is 1.13 bits per heavy atom. The lowest BCUT2D eigenvalue weighted by Crippen LogP contribution is -2.18. The highest BCUT2D eigenvalue weighted by molar-refractivity contribution is 5.97. The van der Waals surface area contributed by atoms with Gasteiger partial charge in [-0.3, -0.25) is 4.79 Å². The van der Waals surface area contributed by atoms with Gasteiger partial charge in [-0.15, -0.1) is 0 Å². The minimum Gasteiger partial charge on any atom is -0.496 e. The molecule has 0 bridgehead atoms. The van der Waals surface area contributed by atoms with E-state index in [9.17, 15) is 18.0 Å². The van der Waals surface area contributed by atoms with Crippen molar-refractivity contribution in [3.63, 3.8) is 0 Å². The zero-order valence-corrected chi connectivity index (χ0v) is 12.1. The van der Waals surface area contributed by atoms with Gasteiger partial charge in [0.25, 0.3) is 5.91 Å². The summed E-state index contributed by atoms with van der Waals surface area (Å²) >= 11 is 0. The number of methoxy groups -OCH3 is 1. The van der Waals surface area contributed by atoms with E-state index in [0.29, 0.717) is 16.9 Å². The van der Waals surface area contributed by atoms with Crippen LogP contribution in [-0.2, 0) is 6.18 Å². The van der Waals surface area contributed by atoms with E-state index in [2.05, 4.69) is 10.5 Å². The minimum absolute atomic E-state index is 0.305. The molecule has 4 nitrogen and oxygen atoms in total. The smallest absolute Gasteiger partial charge is 0.416 e. The summed E-state index contributed by atoms with van der Waals surface area (Å²) in [6.07, 6.45) is -3.12. The first-order valence-electron chi connectivity index (χ1n) is 6.55. The molecule has 0 aromatic heterocycles.